The van der Waals surface area contributed by atoms with Gasteiger partial charge in [-0.2, -0.15) is 0 Å². The van der Waals surface area contributed by atoms with Gasteiger partial charge in [-0.05, 0) is 12.2 Å². The van der Waals surface area contributed by atoms with Gasteiger partial charge in [-0.1, -0.05) is 0 Å². The van der Waals surface area contributed by atoms with Crippen LogP contribution in [0.1, 0.15) is 0 Å². The molecule has 0 amide bonds. The van der Waals surface area contributed by atoms with Crippen molar-refractivity contribution < 1.29 is 0 Å². The van der Waals surface area contributed by atoms with Crippen LogP contribution < -0.4 is 11.2 Å². The van der Waals surface area contributed by atoms with Gasteiger partial charge in [0.05, 0.1) is 11.8 Å². The van der Waals surface area contributed by atoms with Gasteiger partial charge in [0, 0.05) is 5.08 Å². The molecule has 0 aliphatic carbocycles. The molecule has 10 heavy (non-hydrogen) atoms. The Morgan fingerprint density at radius 1 is 1.50 bits per heavy atom. The first kappa shape index (κ1) is 8.45. The molecule has 6 heteroatoms. The normalized spacial score (nSPS) is 20.4. The van der Waals surface area contributed by atoms with Crippen molar-refractivity contribution >= 4 is 40.9 Å². The summed E-state index contributed by atoms with van der Waals surface area (Å²) in [5, 5.41) is 3.51. The molecule has 0 saturated carbocycles. The van der Waals surface area contributed by atoms with E-state index in [2.05, 4.69) is 17.6 Å². The lowest BCUT2D eigenvalue weighted by Crippen LogP contribution is -2.45. The SMILES string of the molecule is NC(=S)NN1CSCSC1. The number of thiocarbonyl (C=S) groups is 1. The summed E-state index contributed by atoms with van der Waals surface area (Å²) < 4.78 is 0. The molecule has 3 N–H and O–H groups in total. The van der Waals surface area contributed by atoms with E-state index in [0.29, 0.717) is 5.11 Å². The van der Waals surface area contributed by atoms with Crippen LogP contribution in [-0.4, -0.2) is 27.0 Å². The third-order valence-corrected chi connectivity index (χ3v) is 3.34. The third kappa shape index (κ3) is 2.96. The van der Waals surface area contributed by atoms with Crippen molar-refractivity contribution in [1.29, 1.82) is 0 Å². The minimum absolute atomic E-state index is 0.350. The fourth-order valence-electron chi connectivity index (χ4n) is 0.612. The molecule has 0 atom stereocenters. The highest BCUT2D eigenvalue weighted by Crippen LogP contribution is 2.19. The Labute approximate surface area is 74.1 Å². The first-order valence-electron chi connectivity index (χ1n) is 2.75. The number of nitrogens with two attached hydrogens (primary N) is 1. The van der Waals surface area contributed by atoms with E-state index in [1.165, 1.54) is 0 Å². The van der Waals surface area contributed by atoms with Gasteiger partial charge >= 0.3 is 0 Å². The Morgan fingerprint density at radius 3 is 2.60 bits per heavy atom. The number of thioether (sulfide) groups is 2. The molecular weight excluding hydrogens is 186 g/mol. The van der Waals surface area contributed by atoms with Gasteiger partial charge in [-0.3, -0.25) is 5.43 Å². The highest BCUT2D eigenvalue weighted by Gasteiger charge is 2.09. The lowest BCUT2D eigenvalue weighted by Gasteiger charge is -2.25. The molecular formula is C4H9N3S3. The summed E-state index contributed by atoms with van der Waals surface area (Å²) in [6.45, 7) is 0. The fourth-order valence-corrected chi connectivity index (χ4v) is 2.68. The topological polar surface area (TPSA) is 41.3 Å². The van der Waals surface area contributed by atoms with Gasteiger partial charge in [0.15, 0.2) is 5.11 Å². The molecule has 58 valence electrons. The number of nitrogens with one attached hydrogen (secondary N) is 1. The van der Waals surface area contributed by atoms with Crippen LogP contribution in [0.4, 0.5) is 0 Å². The third-order valence-electron chi connectivity index (χ3n) is 0.929. The Hall–Kier alpha value is 0.350. The smallest absolute Gasteiger partial charge is 0.178 e. The monoisotopic (exact) mass is 195 g/mol. The quantitative estimate of drug-likeness (QED) is 0.590. The number of hydrogen-bond acceptors (Lipinski definition) is 4. The van der Waals surface area contributed by atoms with Crippen molar-refractivity contribution in [3.05, 3.63) is 0 Å². The van der Waals surface area contributed by atoms with E-state index < -0.39 is 0 Å². The van der Waals surface area contributed by atoms with E-state index in [-0.39, 0.29) is 0 Å². The van der Waals surface area contributed by atoms with Crippen molar-refractivity contribution in [2.24, 2.45) is 5.73 Å². The van der Waals surface area contributed by atoms with Gasteiger partial charge in [-0.25, -0.2) is 5.01 Å². The Bertz CT molecular complexity index is 123. The van der Waals surface area contributed by atoms with Gasteiger partial charge in [-0.15, -0.1) is 23.5 Å². The molecule has 0 radical (unpaired) electrons. The van der Waals surface area contributed by atoms with Crippen molar-refractivity contribution in [1.82, 2.24) is 10.4 Å². The van der Waals surface area contributed by atoms with Crippen LogP contribution in [0.2, 0.25) is 0 Å². The first-order chi connectivity index (χ1) is 4.79. The molecule has 1 aliphatic heterocycles. The molecule has 0 aromatic carbocycles. The largest absolute Gasteiger partial charge is 0.375 e. The maximum absolute atomic E-state index is 5.28. The Morgan fingerprint density at radius 2 is 2.10 bits per heavy atom. The standard InChI is InChI=1S/C4H9N3S3/c5-4(8)6-7-1-9-3-10-2-7/h1-3H2,(H3,5,6,8). The summed E-state index contributed by atoms with van der Waals surface area (Å²) in [5.74, 6) is 1.93. The zero-order valence-corrected chi connectivity index (χ0v) is 7.82. The van der Waals surface area contributed by atoms with E-state index in [1.54, 1.807) is 0 Å². The summed E-state index contributed by atoms with van der Waals surface area (Å²) in [6.07, 6.45) is 0. The highest BCUT2D eigenvalue weighted by molar-refractivity contribution is 8.16. The number of rotatable bonds is 1. The molecule has 1 fully saturated rings. The summed E-state index contributed by atoms with van der Waals surface area (Å²) in [7, 11) is 0. The Kier molecular flexibility index (Phi) is 3.61. The molecule has 0 unspecified atom stereocenters. The summed E-state index contributed by atoms with van der Waals surface area (Å²) >= 11 is 8.40. The lowest BCUT2D eigenvalue weighted by atomic mass is 11.0. The number of nitrogens with zero attached hydrogens (tertiary/aromatic N) is 1. The highest BCUT2D eigenvalue weighted by atomic mass is 32.2. The average molecular weight is 195 g/mol. The molecule has 0 aromatic rings. The van der Waals surface area contributed by atoms with Crippen LogP contribution in [0.15, 0.2) is 0 Å². The number of hydrogen-bond donors (Lipinski definition) is 2. The van der Waals surface area contributed by atoms with Crippen LogP contribution in [0.3, 0.4) is 0 Å². The minimum Gasteiger partial charge on any atom is -0.375 e. The molecule has 0 bridgehead atoms. The summed E-state index contributed by atoms with van der Waals surface area (Å²) in [4.78, 5) is 0. The second kappa shape index (κ2) is 4.27. The predicted octanol–water partition coefficient (Wildman–Crippen LogP) is 0.389. The van der Waals surface area contributed by atoms with Crippen LogP contribution in [0.5, 0.6) is 0 Å². The second-order valence-electron chi connectivity index (χ2n) is 1.80. The first-order valence-corrected chi connectivity index (χ1v) is 5.47. The fraction of sp³-hybridized carbons (Fsp3) is 0.750. The lowest BCUT2D eigenvalue weighted by molar-refractivity contribution is 0.332. The van der Waals surface area contributed by atoms with Crippen LogP contribution >= 0.6 is 35.7 Å². The van der Waals surface area contributed by atoms with Crippen molar-refractivity contribution in [2.45, 2.75) is 0 Å². The van der Waals surface area contributed by atoms with Gasteiger partial charge < -0.3 is 5.73 Å². The second-order valence-corrected chi connectivity index (χ2v) is 4.52. The number of hydrazine groups is 1. The minimum atomic E-state index is 0.350. The van der Waals surface area contributed by atoms with Crippen molar-refractivity contribution in [2.75, 3.05) is 16.8 Å². The van der Waals surface area contributed by atoms with Gasteiger partial charge in [0.1, 0.15) is 0 Å². The summed E-state index contributed by atoms with van der Waals surface area (Å²) in [6, 6.07) is 0. The molecule has 0 spiro atoms. The van der Waals surface area contributed by atoms with E-state index in [4.69, 9.17) is 5.73 Å². The molecule has 1 aliphatic rings. The van der Waals surface area contributed by atoms with Crippen LogP contribution in [0, 0.1) is 0 Å². The van der Waals surface area contributed by atoms with E-state index in [9.17, 15) is 0 Å². The summed E-state index contributed by atoms with van der Waals surface area (Å²) in [5.41, 5.74) is 8.17. The van der Waals surface area contributed by atoms with E-state index in [1.807, 2.05) is 28.5 Å². The Balaban J connectivity index is 2.19. The molecule has 1 heterocycles. The van der Waals surface area contributed by atoms with E-state index in [0.717, 1.165) is 16.8 Å². The molecule has 0 aromatic heterocycles. The zero-order chi connectivity index (χ0) is 7.40. The van der Waals surface area contributed by atoms with Crippen molar-refractivity contribution in [3.63, 3.8) is 0 Å². The van der Waals surface area contributed by atoms with Crippen LogP contribution in [0.25, 0.3) is 0 Å². The molecule has 1 rings (SSSR count). The van der Waals surface area contributed by atoms with Gasteiger partial charge in [0.25, 0.3) is 0 Å². The maximum atomic E-state index is 5.28. The van der Waals surface area contributed by atoms with Gasteiger partial charge in [0.2, 0.25) is 0 Å². The molecule has 1 saturated heterocycles. The van der Waals surface area contributed by atoms with E-state index >= 15 is 0 Å². The zero-order valence-electron chi connectivity index (χ0n) is 5.37. The maximum Gasteiger partial charge on any atom is 0.178 e. The molecule has 3 nitrogen and oxygen atoms in total. The van der Waals surface area contributed by atoms with Crippen LogP contribution in [-0.2, 0) is 0 Å². The van der Waals surface area contributed by atoms with Crippen molar-refractivity contribution in [3.8, 4) is 0 Å². The average Bonchev–Trinajstić information content (AvgIpc) is 1.88. The predicted molar refractivity (Wildman–Crippen MR) is 51.5 cm³/mol.